The predicted molar refractivity (Wildman–Crippen MR) is 6.73 cm³/mol. The molecule has 0 aromatic heterocycles. The fourth-order valence-electron chi connectivity index (χ4n) is 0. The average molecular weight is 278 g/mol. The molecule has 0 atom stereocenters. The zero-order valence-electron chi connectivity index (χ0n) is 1.51. The molecular formula is CH4CrMnMoNi. The molecule has 0 unspecified atom stereocenters. The maximum absolute atomic E-state index is 0. The van der Waals surface area contributed by atoms with Gasteiger partial charge in [-0.2, -0.15) is 0 Å². The van der Waals surface area contributed by atoms with Gasteiger partial charge >= 0.3 is 0 Å². The minimum absolute atomic E-state index is 0. The third-order valence-corrected chi connectivity index (χ3v) is 0. The molecule has 0 saturated heterocycles. The van der Waals surface area contributed by atoms with Crippen LogP contribution in [0.1, 0.15) is 7.43 Å². The summed E-state index contributed by atoms with van der Waals surface area (Å²) in [6, 6.07) is 0. The summed E-state index contributed by atoms with van der Waals surface area (Å²) in [4.78, 5) is 0. The first-order chi connectivity index (χ1) is 0. The maximum atomic E-state index is 0. The normalized spacial score (nSPS) is 0. The molecule has 37 valence electrons. The van der Waals surface area contributed by atoms with Crippen molar-refractivity contribution in [2.45, 2.75) is 7.43 Å². The van der Waals surface area contributed by atoms with E-state index in [-0.39, 0.29) is 79.4 Å². The van der Waals surface area contributed by atoms with Crippen molar-refractivity contribution in [1.29, 1.82) is 0 Å². The van der Waals surface area contributed by atoms with E-state index in [9.17, 15) is 0 Å². The first-order valence-corrected chi connectivity index (χ1v) is 0. The van der Waals surface area contributed by atoms with E-state index < -0.39 is 0 Å². The number of hydrogen-bond donors (Lipinski definition) is 0. The summed E-state index contributed by atoms with van der Waals surface area (Å²) in [5, 5.41) is 0. The van der Waals surface area contributed by atoms with Crippen LogP contribution in [0.25, 0.3) is 0 Å². The van der Waals surface area contributed by atoms with E-state index >= 15 is 0 Å². The van der Waals surface area contributed by atoms with Gasteiger partial charge in [0.1, 0.15) is 0 Å². The van der Waals surface area contributed by atoms with Gasteiger partial charge in [0.2, 0.25) is 0 Å². The molecular weight excluding hydrogens is 274 g/mol. The van der Waals surface area contributed by atoms with Crippen LogP contribution >= 0.6 is 0 Å². The third kappa shape index (κ3) is 22.4. The van der Waals surface area contributed by atoms with Crippen molar-refractivity contribution in [2.75, 3.05) is 0 Å². The van der Waals surface area contributed by atoms with Gasteiger partial charge in [0.15, 0.2) is 0 Å². The van der Waals surface area contributed by atoms with Crippen LogP contribution in [0.3, 0.4) is 0 Å². The van der Waals surface area contributed by atoms with E-state index in [4.69, 9.17) is 0 Å². The van der Waals surface area contributed by atoms with Gasteiger partial charge < -0.3 is 0 Å². The molecule has 0 fully saturated rings. The van der Waals surface area contributed by atoms with Gasteiger partial charge in [0.25, 0.3) is 0 Å². The molecule has 0 saturated carbocycles. The van der Waals surface area contributed by atoms with Crippen LogP contribution in [0.5, 0.6) is 0 Å². The van der Waals surface area contributed by atoms with Crippen LogP contribution in [0.15, 0.2) is 0 Å². The fourth-order valence-corrected chi connectivity index (χ4v) is 0. The Hall–Kier alpha value is 2.23. The van der Waals surface area contributed by atoms with Crippen LogP contribution in [0.2, 0.25) is 0 Å². The van der Waals surface area contributed by atoms with Crippen molar-refractivity contribution in [3.05, 3.63) is 0 Å². The molecule has 4 heteroatoms. The molecule has 0 rings (SSSR count). The summed E-state index contributed by atoms with van der Waals surface area (Å²) in [5.74, 6) is 0. The molecule has 1 radical (unpaired) electrons. The second-order valence-corrected chi connectivity index (χ2v) is 0. The van der Waals surface area contributed by atoms with E-state index in [0.29, 0.717) is 0 Å². The summed E-state index contributed by atoms with van der Waals surface area (Å²) in [7, 11) is 0. The Bertz CT molecular complexity index is 11.6. The Morgan fingerprint density at radius 2 is 1.00 bits per heavy atom. The van der Waals surface area contributed by atoms with Crippen LogP contribution in [-0.4, -0.2) is 0 Å². The van der Waals surface area contributed by atoms with Crippen molar-refractivity contribution in [1.82, 2.24) is 0 Å². The zero-order chi connectivity index (χ0) is 0. The SMILES string of the molecule is C.[Cr].[Mn].[Mo].[Ni]. The Balaban J connectivity index is 0. The molecule has 0 aromatic rings. The Morgan fingerprint density at radius 3 is 1.00 bits per heavy atom. The van der Waals surface area contributed by atoms with Gasteiger partial charge in [0, 0.05) is 72.0 Å². The second-order valence-electron chi connectivity index (χ2n) is 0. The Morgan fingerprint density at radius 1 is 1.00 bits per heavy atom. The largest absolute Gasteiger partial charge is 0.0776 e. The summed E-state index contributed by atoms with van der Waals surface area (Å²) >= 11 is 0. The van der Waals surface area contributed by atoms with Gasteiger partial charge in [0.05, 0.1) is 0 Å². The van der Waals surface area contributed by atoms with Crippen LogP contribution in [0, 0.1) is 0 Å². The molecule has 0 aliphatic heterocycles. The molecule has 0 spiro atoms. The van der Waals surface area contributed by atoms with Crippen molar-refractivity contribution >= 4 is 0 Å². The topological polar surface area (TPSA) is 0 Å². The quantitative estimate of drug-likeness (QED) is 0.570. The van der Waals surface area contributed by atoms with Crippen LogP contribution in [-0.2, 0) is 72.0 Å². The van der Waals surface area contributed by atoms with Gasteiger partial charge in [-0.05, 0) is 0 Å². The van der Waals surface area contributed by atoms with E-state index in [2.05, 4.69) is 0 Å². The summed E-state index contributed by atoms with van der Waals surface area (Å²) < 4.78 is 0. The Kier molecular flexibility index (Phi) is 386. The molecule has 0 aromatic carbocycles. The second kappa shape index (κ2) is 34.2. The molecule has 0 N–H and O–H groups in total. The zero-order valence-corrected chi connectivity index (χ0v) is 6.96. The van der Waals surface area contributed by atoms with Crippen molar-refractivity contribution < 1.29 is 72.0 Å². The third-order valence-electron chi connectivity index (χ3n) is 0. The maximum Gasteiger partial charge on any atom is 0 e. The molecule has 0 bridgehead atoms. The van der Waals surface area contributed by atoms with E-state index in [0.717, 1.165) is 0 Å². The van der Waals surface area contributed by atoms with Crippen molar-refractivity contribution in [2.24, 2.45) is 0 Å². The van der Waals surface area contributed by atoms with E-state index in [1.54, 1.807) is 0 Å². The summed E-state index contributed by atoms with van der Waals surface area (Å²) in [6.45, 7) is 0. The van der Waals surface area contributed by atoms with Crippen LogP contribution < -0.4 is 0 Å². The molecule has 0 amide bonds. The fraction of sp³-hybridized carbons (Fsp3) is 1.00. The van der Waals surface area contributed by atoms with Gasteiger partial charge in [-0.25, -0.2) is 0 Å². The Labute approximate surface area is 78.6 Å². The van der Waals surface area contributed by atoms with Gasteiger partial charge in [-0.1, -0.05) is 7.43 Å². The minimum Gasteiger partial charge on any atom is -0.0776 e. The smallest absolute Gasteiger partial charge is 0 e. The van der Waals surface area contributed by atoms with Gasteiger partial charge in [-0.3, -0.25) is 0 Å². The molecule has 0 nitrogen and oxygen atoms in total. The first-order valence-electron chi connectivity index (χ1n) is 0. The first kappa shape index (κ1) is 56.3. The average Bonchev–Trinajstić information content (AvgIpc) is 0. The van der Waals surface area contributed by atoms with Crippen molar-refractivity contribution in [3.8, 4) is 0 Å². The van der Waals surface area contributed by atoms with E-state index in [1.807, 2.05) is 0 Å². The molecule has 5 heavy (non-hydrogen) atoms. The summed E-state index contributed by atoms with van der Waals surface area (Å²) in [5.41, 5.74) is 0. The van der Waals surface area contributed by atoms with Crippen LogP contribution in [0.4, 0.5) is 0 Å². The number of hydrogen-bond acceptors (Lipinski definition) is 0. The standard InChI is InChI=1S/CH4.Cr.Mn.Mo.Ni/h1H4;;;;. The summed E-state index contributed by atoms with van der Waals surface area (Å²) in [6.07, 6.45) is 0. The predicted octanol–water partition coefficient (Wildman–Crippen LogP) is 0.626. The van der Waals surface area contributed by atoms with Gasteiger partial charge in [-0.15, -0.1) is 0 Å². The monoisotopic (exact) mass is 279 g/mol. The number of rotatable bonds is 0. The van der Waals surface area contributed by atoms with E-state index in [1.165, 1.54) is 0 Å². The molecule has 0 aliphatic carbocycles. The molecule has 0 heterocycles. The minimum atomic E-state index is 0. The molecule has 0 aliphatic rings. The van der Waals surface area contributed by atoms with Crippen molar-refractivity contribution in [3.63, 3.8) is 0 Å².